The summed E-state index contributed by atoms with van der Waals surface area (Å²) >= 11 is 0. The van der Waals surface area contributed by atoms with Crippen LogP contribution in [0.5, 0.6) is 0 Å². The fourth-order valence-electron chi connectivity index (χ4n) is 3.87. The number of aromatic nitrogens is 4. The minimum absolute atomic E-state index is 0.277. The number of rotatable bonds is 3. The molecule has 0 aliphatic carbocycles. The number of nitrogens with zero attached hydrogens (tertiary/aromatic N) is 5. The molecule has 5 heterocycles. The van der Waals surface area contributed by atoms with E-state index in [2.05, 4.69) is 32.8 Å². The molecular formula is C20H24N6O2. The quantitative estimate of drug-likeness (QED) is 0.745. The van der Waals surface area contributed by atoms with Gasteiger partial charge in [0.1, 0.15) is 17.3 Å². The number of hydrogen-bond acceptors (Lipinski definition) is 7. The zero-order chi connectivity index (χ0) is 18.9. The lowest BCUT2D eigenvalue weighted by Crippen LogP contribution is -2.44. The first kappa shape index (κ1) is 17.4. The Morgan fingerprint density at radius 1 is 1.04 bits per heavy atom. The van der Waals surface area contributed by atoms with Gasteiger partial charge in [0.05, 0.1) is 32.5 Å². The summed E-state index contributed by atoms with van der Waals surface area (Å²) in [6.45, 7) is 7.55. The second-order valence-corrected chi connectivity index (χ2v) is 7.22. The van der Waals surface area contributed by atoms with Crippen LogP contribution in [0.2, 0.25) is 0 Å². The summed E-state index contributed by atoms with van der Waals surface area (Å²) in [5.41, 5.74) is 1.84. The molecule has 8 nitrogen and oxygen atoms in total. The highest BCUT2D eigenvalue weighted by Gasteiger charge is 2.24. The Hall–Kier alpha value is -2.71. The number of anilines is 2. The molecule has 0 bridgehead atoms. The highest BCUT2D eigenvalue weighted by atomic mass is 16.5. The van der Waals surface area contributed by atoms with Gasteiger partial charge in [-0.25, -0.2) is 15.0 Å². The molecule has 5 rings (SSSR count). The number of ether oxygens (including phenoxy) is 2. The van der Waals surface area contributed by atoms with E-state index in [9.17, 15) is 0 Å². The van der Waals surface area contributed by atoms with Gasteiger partial charge in [-0.1, -0.05) is 0 Å². The molecule has 146 valence electrons. The van der Waals surface area contributed by atoms with Crippen molar-refractivity contribution >= 4 is 22.7 Å². The van der Waals surface area contributed by atoms with Crippen LogP contribution in [-0.4, -0.2) is 72.0 Å². The summed E-state index contributed by atoms with van der Waals surface area (Å²) in [5.74, 6) is 2.62. The molecular weight excluding hydrogens is 356 g/mol. The lowest BCUT2D eigenvalue weighted by atomic mass is 10.1. The molecule has 0 saturated carbocycles. The fourth-order valence-corrected chi connectivity index (χ4v) is 3.87. The topological polar surface area (TPSA) is 79.4 Å². The highest BCUT2D eigenvalue weighted by Crippen LogP contribution is 2.30. The summed E-state index contributed by atoms with van der Waals surface area (Å²) in [6.07, 6.45) is 3.70. The average Bonchev–Trinajstić information content (AvgIpc) is 3.23. The van der Waals surface area contributed by atoms with Crippen molar-refractivity contribution in [3.05, 3.63) is 30.6 Å². The third-order valence-corrected chi connectivity index (χ3v) is 5.40. The van der Waals surface area contributed by atoms with Crippen LogP contribution >= 0.6 is 0 Å². The maximum absolute atomic E-state index is 5.62. The predicted octanol–water partition coefficient (Wildman–Crippen LogP) is 2.08. The van der Waals surface area contributed by atoms with Crippen molar-refractivity contribution in [3.8, 4) is 11.4 Å². The summed E-state index contributed by atoms with van der Waals surface area (Å²) in [5, 5.41) is 1.03. The standard InChI is InChI=1S/C20H24N6O2/c1-14-13-28-11-8-26(14)18-12-17(25-6-9-27-10-7-25)23-20(24-18)16-3-5-22-19-15(16)2-4-21-19/h2-5,12,14H,6-11,13H2,1H3,(H,21,22)/t14-/m1/s1. The number of pyridine rings is 1. The van der Waals surface area contributed by atoms with Gasteiger partial charge in [-0.05, 0) is 19.1 Å². The second kappa shape index (κ2) is 7.37. The van der Waals surface area contributed by atoms with E-state index >= 15 is 0 Å². The first-order chi connectivity index (χ1) is 13.8. The van der Waals surface area contributed by atoms with Gasteiger partial charge in [0.25, 0.3) is 0 Å². The van der Waals surface area contributed by atoms with E-state index < -0.39 is 0 Å². The summed E-state index contributed by atoms with van der Waals surface area (Å²) in [4.78, 5) is 22.1. The van der Waals surface area contributed by atoms with Gasteiger partial charge >= 0.3 is 0 Å². The minimum atomic E-state index is 0.277. The van der Waals surface area contributed by atoms with Gasteiger partial charge in [-0.2, -0.15) is 0 Å². The molecule has 3 aromatic rings. The number of hydrogen-bond donors (Lipinski definition) is 1. The van der Waals surface area contributed by atoms with Gasteiger partial charge in [0, 0.05) is 49.0 Å². The monoisotopic (exact) mass is 380 g/mol. The van der Waals surface area contributed by atoms with Crippen molar-refractivity contribution in [1.29, 1.82) is 0 Å². The van der Waals surface area contributed by atoms with Gasteiger partial charge in [-0.15, -0.1) is 0 Å². The molecule has 0 unspecified atom stereocenters. The molecule has 2 aliphatic heterocycles. The lowest BCUT2D eigenvalue weighted by molar-refractivity contribution is 0.0985. The van der Waals surface area contributed by atoms with Crippen molar-refractivity contribution in [3.63, 3.8) is 0 Å². The average molecular weight is 380 g/mol. The van der Waals surface area contributed by atoms with Crippen LogP contribution in [0.15, 0.2) is 30.6 Å². The zero-order valence-corrected chi connectivity index (χ0v) is 16.0. The van der Waals surface area contributed by atoms with Crippen LogP contribution < -0.4 is 9.80 Å². The molecule has 1 N–H and O–H groups in total. The smallest absolute Gasteiger partial charge is 0.164 e. The molecule has 2 fully saturated rings. The molecule has 0 aromatic carbocycles. The van der Waals surface area contributed by atoms with Crippen LogP contribution in [0.25, 0.3) is 22.4 Å². The van der Waals surface area contributed by atoms with Crippen LogP contribution in [0, 0.1) is 0 Å². The molecule has 1 atom stereocenters. The van der Waals surface area contributed by atoms with E-state index in [-0.39, 0.29) is 6.04 Å². The first-order valence-electron chi connectivity index (χ1n) is 9.78. The highest BCUT2D eigenvalue weighted by molar-refractivity contribution is 5.91. The Bertz CT molecular complexity index is 968. The van der Waals surface area contributed by atoms with Crippen LogP contribution in [-0.2, 0) is 9.47 Å². The predicted molar refractivity (Wildman–Crippen MR) is 108 cm³/mol. The van der Waals surface area contributed by atoms with Crippen molar-refractivity contribution < 1.29 is 9.47 Å². The normalized spacial score (nSPS) is 20.7. The maximum atomic E-state index is 5.62. The van der Waals surface area contributed by atoms with E-state index in [1.165, 1.54) is 0 Å². The Morgan fingerprint density at radius 3 is 2.71 bits per heavy atom. The molecule has 2 aliphatic rings. The zero-order valence-electron chi connectivity index (χ0n) is 16.0. The maximum Gasteiger partial charge on any atom is 0.164 e. The molecule has 0 spiro atoms. The van der Waals surface area contributed by atoms with Crippen molar-refractivity contribution in [2.24, 2.45) is 0 Å². The third kappa shape index (κ3) is 3.18. The Labute approximate surface area is 163 Å². The van der Waals surface area contributed by atoms with Crippen molar-refractivity contribution in [2.75, 3.05) is 55.9 Å². The van der Waals surface area contributed by atoms with E-state index in [0.29, 0.717) is 13.2 Å². The summed E-state index contributed by atoms with van der Waals surface area (Å²) in [7, 11) is 0. The Morgan fingerprint density at radius 2 is 1.86 bits per heavy atom. The van der Waals surface area contributed by atoms with E-state index in [1.807, 2.05) is 18.3 Å². The van der Waals surface area contributed by atoms with Crippen molar-refractivity contribution in [1.82, 2.24) is 19.9 Å². The van der Waals surface area contributed by atoms with Gasteiger partial charge < -0.3 is 24.3 Å². The first-order valence-corrected chi connectivity index (χ1v) is 9.78. The fraction of sp³-hybridized carbons (Fsp3) is 0.450. The molecule has 0 amide bonds. The van der Waals surface area contributed by atoms with Crippen LogP contribution in [0.4, 0.5) is 11.6 Å². The number of fused-ring (bicyclic) bond motifs is 1. The summed E-state index contributed by atoms with van der Waals surface area (Å²) in [6, 6.07) is 6.39. The molecule has 2 saturated heterocycles. The lowest BCUT2D eigenvalue weighted by Gasteiger charge is -2.35. The summed E-state index contributed by atoms with van der Waals surface area (Å²) < 4.78 is 11.1. The Balaban J connectivity index is 1.63. The second-order valence-electron chi connectivity index (χ2n) is 7.22. The Kier molecular flexibility index (Phi) is 4.58. The number of H-pyrrole nitrogens is 1. The molecule has 8 heteroatoms. The molecule has 28 heavy (non-hydrogen) atoms. The minimum Gasteiger partial charge on any atom is -0.378 e. The van der Waals surface area contributed by atoms with E-state index in [1.54, 1.807) is 6.20 Å². The van der Waals surface area contributed by atoms with E-state index in [4.69, 9.17) is 19.4 Å². The van der Waals surface area contributed by atoms with Crippen molar-refractivity contribution in [2.45, 2.75) is 13.0 Å². The SMILES string of the molecule is C[C@@H]1COCCN1c1cc(N2CCOCC2)nc(-c2ccnc3[nH]ccc23)n1. The largest absolute Gasteiger partial charge is 0.378 e. The number of nitrogens with one attached hydrogen (secondary N) is 1. The van der Waals surface area contributed by atoms with Gasteiger partial charge in [0.15, 0.2) is 5.82 Å². The third-order valence-electron chi connectivity index (χ3n) is 5.40. The van der Waals surface area contributed by atoms with Crippen LogP contribution in [0.1, 0.15) is 6.92 Å². The number of morpholine rings is 2. The van der Waals surface area contributed by atoms with Gasteiger partial charge in [0.2, 0.25) is 0 Å². The number of aromatic amines is 1. The van der Waals surface area contributed by atoms with Crippen LogP contribution in [0.3, 0.4) is 0 Å². The molecule has 3 aromatic heterocycles. The van der Waals surface area contributed by atoms with Gasteiger partial charge in [-0.3, -0.25) is 0 Å². The molecule has 0 radical (unpaired) electrons. The van der Waals surface area contributed by atoms with E-state index in [0.717, 1.165) is 66.9 Å².